The van der Waals surface area contributed by atoms with Crippen LogP contribution in [0.5, 0.6) is 0 Å². The Morgan fingerprint density at radius 1 is 1.40 bits per heavy atom. The highest BCUT2D eigenvalue weighted by Crippen LogP contribution is 2.35. The zero-order chi connectivity index (χ0) is 11.8. The average molecular weight is 329 g/mol. The highest BCUT2D eigenvalue weighted by atomic mass is 127. The quantitative estimate of drug-likeness (QED) is 0.489. The summed E-state index contributed by atoms with van der Waals surface area (Å²) < 4.78 is 37.4. The van der Waals surface area contributed by atoms with E-state index in [2.05, 4.69) is 0 Å². The number of benzene rings is 1. The van der Waals surface area contributed by atoms with Crippen molar-refractivity contribution in [1.82, 2.24) is 0 Å². The number of Topliss-reactive ketones (excluding diaryl/α,β-unsaturated/α-hetero) is 1. The van der Waals surface area contributed by atoms with E-state index >= 15 is 0 Å². The maximum atomic E-state index is 12.5. The number of rotatable bonds is 1. The van der Waals surface area contributed by atoms with Crippen molar-refractivity contribution < 1.29 is 18.0 Å². The van der Waals surface area contributed by atoms with Gasteiger partial charge in [-0.2, -0.15) is 13.2 Å². The molecule has 0 atom stereocenters. The largest absolute Gasteiger partial charge is 0.417 e. The summed E-state index contributed by atoms with van der Waals surface area (Å²) >= 11 is 1.50. The fourth-order valence-corrected chi connectivity index (χ4v) is 2.11. The molecular weight excluding hydrogens is 322 g/mol. The molecule has 0 aliphatic carbocycles. The molecule has 0 aliphatic rings. The molecule has 0 heterocycles. The van der Waals surface area contributed by atoms with E-state index in [1.165, 1.54) is 35.6 Å². The van der Waals surface area contributed by atoms with Gasteiger partial charge < -0.3 is 5.73 Å². The summed E-state index contributed by atoms with van der Waals surface area (Å²) in [4.78, 5) is 11.1. The topological polar surface area (TPSA) is 43.1 Å². The van der Waals surface area contributed by atoms with Crippen LogP contribution in [0.25, 0.3) is 0 Å². The Bertz CT molecular complexity index is 415. The van der Waals surface area contributed by atoms with Gasteiger partial charge in [0, 0.05) is 14.8 Å². The molecule has 6 heteroatoms. The van der Waals surface area contributed by atoms with E-state index in [9.17, 15) is 18.0 Å². The third kappa shape index (κ3) is 2.61. The molecule has 0 spiro atoms. The standard InChI is InChI=1S/C9H7F3INO/c1-4(15)6-2-5(14)3-7(8(6)13)9(10,11)12/h2-3H,14H2,1H3. The van der Waals surface area contributed by atoms with Gasteiger partial charge in [-0.25, -0.2) is 0 Å². The highest BCUT2D eigenvalue weighted by molar-refractivity contribution is 14.1. The minimum absolute atomic E-state index is 0.00271. The molecule has 1 rings (SSSR count). The van der Waals surface area contributed by atoms with Crippen LogP contribution in [0.3, 0.4) is 0 Å². The zero-order valence-electron chi connectivity index (χ0n) is 7.65. The van der Waals surface area contributed by atoms with Crippen molar-refractivity contribution in [3.05, 3.63) is 26.8 Å². The maximum Gasteiger partial charge on any atom is 0.417 e. The van der Waals surface area contributed by atoms with Crippen molar-refractivity contribution in [2.75, 3.05) is 5.73 Å². The summed E-state index contributed by atoms with van der Waals surface area (Å²) in [6.07, 6.45) is -4.49. The lowest BCUT2D eigenvalue weighted by atomic mass is 10.1. The number of alkyl halides is 3. The Morgan fingerprint density at radius 3 is 2.33 bits per heavy atom. The number of halogens is 4. The van der Waals surface area contributed by atoms with E-state index in [0.717, 1.165) is 6.07 Å². The predicted molar refractivity (Wildman–Crippen MR) is 58.6 cm³/mol. The number of ketones is 1. The van der Waals surface area contributed by atoms with Gasteiger partial charge >= 0.3 is 6.18 Å². The minimum Gasteiger partial charge on any atom is -0.399 e. The van der Waals surface area contributed by atoms with Gasteiger partial charge in [0.05, 0.1) is 5.56 Å². The molecule has 0 fully saturated rings. The summed E-state index contributed by atoms with van der Waals surface area (Å²) in [6, 6.07) is 2.08. The predicted octanol–water partition coefficient (Wildman–Crippen LogP) is 3.09. The molecule has 0 aliphatic heterocycles. The van der Waals surface area contributed by atoms with E-state index in [4.69, 9.17) is 5.73 Å². The van der Waals surface area contributed by atoms with Gasteiger partial charge in [0.2, 0.25) is 0 Å². The van der Waals surface area contributed by atoms with E-state index in [1.807, 2.05) is 0 Å². The Labute approximate surface area is 97.8 Å². The van der Waals surface area contributed by atoms with Crippen molar-refractivity contribution >= 4 is 34.1 Å². The Hall–Kier alpha value is -0.790. The molecule has 0 unspecified atom stereocenters. The third-order valence-electron chi connectivity index (χ3n) is 1.78. The first-order valence-corrected chi connectivity index (χ1v) is 4.98. The van der Waals surface area contributed by atoms with Crippen LogP contribution in [-0.4, -0.2) is 5.78 Å². The zero-order valence-corrected chi connectivity index (χ0v) is 9.81. The number of anilines is 1. The summed E-state index contributed by atoms with van der Waals surface area (Å²) in [5, 5.41) is 0. The number of carbonyl (C=O) groups excluding carboxylic acids is 1. The molecule has 0 saturated carbocycles. The smallest absolute Gasteiger partial charge is 0.399 e. The van der Waals surface area contributed by atoms with Crippen LogP contribution in [0.4, 0.5) is 18.9 Å². The van der Waals surface area contributed by atoms with Crippen LogP contribution in [0.1, 0.15) is 22.8 Å². The number of hydrogen-bond donors (Lipinski definition) is 1. The Kier molecular flexibility index (Phi) is 3.27. The maximum absolute atomic E-state index is 12.5. The number of hydrogen-bond acceptors (Lipinski definition) is 2. The van der Waals surface area contributed by atoms with Crippen LogP contribution < -0.4 is 5.73 Å². The second-order valence-electron chi connectivity index (χ2n) is 2.98. The summed E-state index contributed by atoms with van der Waals surface area (Å²) in [5.41, 5.74) is 4.38. The lowest BCUT2D eigenvalue weighted by molar-refractivity contribution is -0.138. The molecule has 2 N–H and O–H groups in total. The molecule has 0 saturated heterocycles. The van der Waals surface area contributed by atoms with Gasteiger partial charge in [-0.15, -0.1) is 0 Å². The SMILES string of the molecule is CC(=O)c1cc(N)cc(C(F)(F)F)c1I. The second-order valence-corrected chi connectivity index (χ2v) is 4.06. The second kappa shape index (κ2) is 3.99. The van der Waals surface area contributed by atoms with E-state index in [-0.39, 0.29) is 14.8 Å². The minimum atomic E-state index is -4.49. The van der Waals surface area contributed by atoms with Crippen molar-refractivity contribution in [1.29, 1.82) is 0 Å². The van der Waals surface area contributed by atoms with Crippen molar-refractivity contribution in [3.8, 4) is 0 Å². The van der Waals surface area contributed by atoms with Crippen LogP contribution in [0.2, 0.25) is 0 Å². The monoisotopic (exact) mass is 329 g/mol. The summed E-state index contributed by atoms with van der Waals surface area (Å²) in [5.74, 6) is -0.433. The van der Waals surface area contributed by atoms with Gasteiger partial charge in [-0.3, -0.25) is 4.79 Å². The van der Waals surface area contributed by atoms with E-state index < -0.39 is 17.5 Å². The fraction of sp³-hybridized carbons (Fsp3) is 0.222. The number of nitrogen functional groups attached to an aromatic ring is 1. The molecular formula is C9H7F3INO. The molecule has 0 radical (unpaired) electrons. The molecule has 0 amide bonds. The lowest BCUT2D eigenvalue weighted by Gasteiger charge is -2.12. The molecule has 0 aromatic heterocycles. The molecule has 82 valence electrons. The first-order chi connectivity index (χ1) is 6.73. The average Bonchev–Trinajstić information content (AvgIpc) is 2.06. The van der Waals surface area contributed by atoms with Crippen LogP contribution in [-0.2, 0) is 6.18 Å². The summed E-state index contributed by atoms with van der Waals surface area (Å²) in [7, 11) is 0. The van der Waals surface area contributed by atoms with Crippen molar-refractivity contribution in [2.45, 2.75) is 13.1 Å². The van der Waals surface area contributed by atoms with Gasteiger partial charge in [-0.05, 0) is 41.6 Å². The van der Waals surface area contributed by atoms with Gasteiger partial charge in [0.25, 0.3) is 0 Å². The lowest BCUT2D eigenvalue weighted by Crippen LogP contribution is -2.12. The van der Waals surface area contributed by atoms with Crippen molar-refractivity contribution in [3.63, 3.8) is 0 Å². The molecule has 2 nitrogen and oxygen atoms in total. The highest BCUT2D eigenvalue weighted by Gasteiger charge is 2.34. The van der Waals surface area contributed by atoms with Crippen molar-refractivity contribution in [2.24, 2.45) is 0 Å². The van der Waals surface area contributed by atoms with Crippen LogP contribution >= 0.6 is 22.6 Å². The first-order valence-electron chi connectivity index (χ1n) is 3.90. The third-order valence-corrected chi connectivity index (χ3v) is 2.94. The fourth-order valence-electron chi connectivity index (χ4n) is 1.11. The summed E-state index contributed by atoms with van der Waals surface area (Å²) in [6.45, 7) is 1.21. The van der Waals surface area contributed by atoms with Gasteiger partial charge in [0.15, 0.2) is 5.78 Å². The molecule has 0 bridgehead atoms. The molecule has 15 heavy (non-hydrogen) atoms. The van der Waals surface area contributed by atoms with Gasteiger partial charge in [-0.1, -0.05) is 0 Å². The molecule has 1 aromatic carbocycles. The van der Waals surface area contributed by atoms with Crippen LogP contribution in [0.15, 0.2) is 12.1 Å². The Balaban J connectivity index is 3.49. The van der Waals surface area contributed by atoms with E-state index in [0.29, 0.717) is 0 Å². The first kappa shape index (κ1) is 12.3. The van der Waals surface area contributed by atoms with E-state index in [1.54, 1.807) is 0 Å². The van der Waals surface area contributed by atoms with Gasteiger partial charge in [0.1, 0.15) is 0 Å². The normalized spacial score (nSPS) is 11.5. The Morgan fingerprint density at radius 2 is 1.93 bits per heavy atom. The number of nitrogens with two attached hydrogens (primary N) is 1. The molecule has 1 aromatic rings. The number of carbonyl (C=O) groups is 1. The van der Waals surface area contributed by atoms with Crippen LogP contribution in [0, 0.1) is 3.57 Å².